The van der Waals surface area contributed by atoms with Crippen molar-refractivity contribution in [1.82, 2.24) is 4.90 Å². The fourth-order valence-electron chi connectivity index (χ4n) is 2.73. The number of methoxy groups -OCH3 is 1. The Morgan fingerprint density at radius 2 is 1.78 bits per heavy atom. The maximum atomic E-state index is 12.4. The van der Waals surface area contributed by atoms with Crippen molar-refractivity contribution in [2.45, 2.75) is 25.8 Å². The summed E-state index contributed by atoms with van der Waals surface area (Å²) in [5.41, 5.74) is 0.573. The van der Waals surface area contributed by atoms with Crippen molar-refractivity contribution in [3.8, 4) is 0 Å². The molecule has 0 spiro atoms. The second kappa shape index (κ2) is 7.99. The van der Waals surface area contributed by atoms with Gasteiger partial charge in [0.05, 0.1) is 19.1 Å². The molecule has 0 bridgehead atoms. The minimum Gasteiger partial charge on any atom is -0.469 e. The van der Waals surface area contributed by atoms with E-state index in [1.807, 2.05) is 6.92 Å². The highest BCUT2D eigenvalue weighted by molar-refractivity contribution is 6.35. The third-order valence-electron chi connectivity index (χ3n) is 4.12. The predicted octanol–water partition coefficient (Wildman–Crippen LogP) is 3.21. The molecule has 2 rings (SSSR count). The summed E-state index contributed by atoms with van der Waals surface area (Å²) in [5, 5.41) is 3.77. The highest BCUT2D eigenvalue weighted by Crippen LogP contribution is 2.24. The Labute approximate surface area is 145 Å². The van der Waals surface area contributed by atoms with Crippen molar-refractivity contribution < 1.29 is 14.3 Å². The fourth-order valence-corrected chi connectivity index (χ4v) is 3.25. The number of carbonyl (C=O) groups is 2. The Morgan fingerprint density at radius 1 is 1.22 bits per heavy atom. The van der Waals surface area contributed by atoms with Crippen molar-refractivity contribution in [1.29, 1.82) is 0 Å². The molecule has 1 aliphatic heterocycles. The number of nitrogens with one attached hydrogen (secondary N) is 1. The van der Waals surface area contributed by atoms with Crippen LogP contribution in [0.5, 0.6) is 0 Å². The number of hydrogen-bond donors (Lipinski definition) is 1. The van der Waals surface area contributed by atoms with Gasteiger partial charge in [-0.3, -0.25) is 14.5 Å². The number of esters is 1. The quantitative estimate of drug-likeness (QED) is 0.839. The summed E-state index contributed by atoms with van der Waals surface area (Å²) in [6.07, 6.45) is 1.40. The summed E-state index contributed by atoms with van der Waals surface area (Å²) in [4.78, 5) is 26.0. The van der Waals surface area contributed by atoms with E-state index in [1.54, 1.807) is 18.2 Å². The topological polar surface area (TPSA) is 58.6 Å². The molecule has 1 atom stereocenters. The minimum absolute atomic E-state index is 0.0711. The number of hydrogen-bond acceptors (Lipinski definition) is 4. The Bertz CT molecular complexity index is 566. The third kappa shape index (κ3) is 4.83. The van der Waals surface area contributed by atoms with Gasteiger partial charge in [0, 0.05) is 15.7 Å². The molecule has 0 aromatic heterocycles. The number of carbonyl (C=O) groups excluding carboxylic acids is 2. The van der Waals surface area contributed by atoms with E-state index in [0.29, 0.717) is 41.7 Å². The number of piperidine rings is 1. The Hall–Kier alpha value is -1.30. The number of rotatable bonds is 4. The zero-order valence-corrected chi connectivity index (χ0v) is 14.7. The molecule has 1 amide bonds. The molecule has 1 saturated heterocycles. The average molecular weight is 359 g/mol. The van der Waals surface area contributed by atoms with Gasteiger partial charge in [-0.2, -0.15) is 0 Å². The molecular weight excluding hydrogens is 339 g/mol. The molecule has 0 radical (unpaired) electrons. The van der Waals surface area contributed by atoms with Gasteiger partial charge in [-0.15, -0.1) is 0 Å². The normalized spacial score (nSPS) is 17.6. The monoisotopic (exact) mass is 358 g/mol. The van der Waals surface area contributed by atoms with E-state index in [-0.39, 0.29) is 23.8 Å². The maximum Gasteiger partial charge on any atom is 0.308 e. The number of halogens is 2. The van der Waals surface area contributed by atoms with Gasteiger partial charge < -0.3 is 10.1 Å². The summed E-state index contributed by atoms with van der Waals surface area (Å²) in [6, 6.07) is 4.62. The van der Waals surface area contributed by atoms with Gasteiger partial charge in [0.1, 0.15) is 0 Å². The number of ether oxygens (including phenoxy) is 1. The molecule has 0 aliphatic carbocycles. The molecule has 1 heterocycles. The summed E-state index contributed by atoms with van der Waals surface area (Å²) >= 11 is 11.9. The molecule has 1 aliphatic rings. The Balaban J connectivity index is 1.91. The molecule has 126 valence electrons. The molecule has 1 fully saturated rings. The van der Waals surface area contributed by atoms with Crippen LogP contribution < -0.4 is 5.32 Å². The predicted molar refractivity (Wildman–Crippen MR) is 90.9 cm³/mol. The second-order valence-electron chi connectivity index (χ2n) is 5.66. The molecule has 23 heavy (non-hydrogen) atoms. The minimum atomic E-state index is -0.300. The van der Waals surface area contributed by atoms with Gasteiger partial charge >= 0.3 is 5.97 Å². The van der Waals surface area contributed by atoms with Gasteiger partial charge in [-0.25, -0.2) is 0 Å². The molecule has 1 aromatic carbocycles. The molecule has 1 N–H and O–H groups in total. The fraction of sp³-hybridized carbons (Fsp3) is 0.500. The zero-order valence-electron chi connectivity index (χ0n) is 13.1. The number of nitrogens with zero attached hydrogens (tertiary/aromatic N) is 1. The number of amides is 1. The number of anilines is 1. The van der Waals surface area contributed by atoms with Crippen LogP contribution in [0.2, 0.25) is 10.0 Å². The van der Waals surface area contributed by atoms with Crippen LogP contribution in [0.1, 0.15) is 19.8 Å². The highest BCUT2D eigenvalue weighted by atomic mass is 35.5. The van der Waals surface area contributed by atoms with Crippen LogP contribution in [0, 0.1) is 5.92 Å². The summed E-state index contributed by atoms with van der Waals surface area (Å²) in [5.74, 6) is -0.367. The lowest BCUT2D eigenvalue weighted by Gasteiger charge is -2.34. The van der Waals surface area contributed by atoms with E-state index in [9.17, 15) is 9.59 Å². The highest BCUT2D eigenvalue weighted by Gasteiger charge is 2.30. The maximum absolute atomic E-state index is 12.4. The first-order valence-corrected chi connectivity index (χ1v) is 8.25. The van der Waals surface area contributed by atoms with Crippen molar-refractivity contribution >= 4 is 40.8 Å². The second-order valence-corrected chi connectivity index (χ2v) is 6.53. The van der Waals surface area contributed by atoms with E-state index in [0.717, 1.165) is 0 Å². The number of likely N-dealkylation sites (tertiary alicyclic amines) is 1. The van der Waals surface area contributed by atoms with Crippen molar-refractivity contribution in [3.05, 3.63) is 28.2 Å². The van der Waals surface area contributed by atoms with Gasteiger partial charge in [0.15, 0.2) is 0 Å². The SMILES string of the molecule is COC(=O)C1CCN([C@@H](C)C(=O)Nc2cc(Cl)cc(Cl)c2)CC1. The van der Waals surface area contributed by atoms with E-state index in [1.165, 1.54) is 7.11 Å². The van der Waals surface area contributed by atoms with Gasteiger partial charge in [-0.1, -0.05) is 23.2 Å². The van der Waals surface area contributed by atoms with Crippen LogP contribution in [0.3, 0.4) is 0 Å². The molecule has 7 heteroatoms. The molecule has 1 aromatic rings. The van der Waals surface area contributed by atoms with Crippen molar-refractivity contribution in [2.24, 2.45) is 5.92 Å². The first-order valence-electron chi connectivity index (χ1n) is 7.49. The lowest BCUT2D eigenvalue weighted by molar-refractivity contribution is -0.147. The molecular formula is C16H20Cl2N2O3. The van der Waals surface area contributed by atoms with E-state index < -0.39 is 0 Å². The molecule has 0 unspecified atom stereocenters. The van der Waals surface area contributed by atoms with Crippen LogP contribution >= 0.6 is 23.2 Å². The van der Waals surface area contributed by atoms with E-state index in [4.69, 9.17) is 27.9 Å². The van der Waals surface area contributed by atoms with Crippen LogP contribution in [0.15, 0.2) is 18.2 Å². The lowest BCUT2D eigenvalue weighted by Crippen LogP contribution is -2.47. The van der Waals surface area contributed by atoms with Crippen LogP contribution in [0.4, 0.5) is 5.69 Å². The summed E-state index contributed by atoms with van der Waals surface area (Å²) < 4.78 is 4.77. The van der Waals surface area contributed by atoms with Crippen molar-refractivity contribution in [2.75, 3.05) is 25.5 Å². The zero-order chi connectivity index (χ0) is 17.0. The first-order chi connectivity index (χ1) is 10.9. The summed E-state index contributed by atoms with van der Waals surface area (Å²) in [6.45, 7) is 3.22. The van der Waals surface area contributed by atoms with Gasteiger partial charge in [-0.05, 0) is 51.1 Å². The van der Waals surface area contributed by atoms with Gasteiger partial charge in [0.2, 0.25) is 5.91 Å². The standard InChI is InChI=1S/C16H20Cl2N2O3/c1-10(20-5-3-11(4-6-20)16(22)23-2)15(21)19-14-8-12(17)7-13(18)9-14/h7-11H,3-6H2,1-2H3,(H,19,21)/t10-/m0/s1. The van der Waals surface area contributed by atoms with Crippen LogP contribution in [-0.2, 0) is 14.3 Å². The van der Waals surface area contributed by atoms with Crippen LogP contribution in [0.25, 0.3) is 0 Å². The third-order valence-corrected chi connectivity index (χ3v) is 4.56. The van der Waals surface area contributed by atoms with Crippen LogP contribution in [-0.4, -0.2) is 43.0 Å². The van der Waals surface area contributed by atoms with E-state index >= 15 is 0 Å². The average Bonchev–Trinajstić information content (AvgIpc) is 2.52. The summed E-state index contributed by atoms with van der Waals surface area (Å²) in [7, 11) is 1.40. The largest absolute Gasteiger partial charge is 0.469 e. The molecule has 5 nitrogen and oxygen atoms in total. The van der Waals surface area contributed by atoms with E-state index in [2.05, 4.69) is 10.2 Å². The lowest BCUT2D eigenvalue weighted by atomic mass is 9.96. The van der Waals surface area contributed by atoms with Gasteiger partial charge in [0.25, 0.3) is 0 Å². The Kier molecular flexibility index (Phi) is 6.27. The Morgan fingerprint density at radius 3 is 2.30 bits per heavy atom. The molecule has 0 saturated carbocycles. The number of benzene rings is 1. The smallest absolute Gasteiger partial charge is 0.308 e. The first kappa shape index (κ1) is 18.0. The van der Waals surface area contributed by atoms with Crippen molar-refractivity contribution in [3.63, 3.8) is 0 Å².